The zero-order valence-corrected chi connectivity index (χ0v) is 14.8. The summed E-state index contributed by atoms with van der Waals surface area (Å²) in [4.78, 5) is 18.9. The van der Waals surface area contributed by atoms with Gasteiger partial charge in [0.05, 0.1) is 25.7 Å². The first-order valence-corrected chi connectivity index (χ1v) is 8.95. The van der Waals surface area contributed by atoms with Crippen molar-refractivity contribution in [3.63, 3.8) is 0 Å². The number of benzene rings is 1. The zero-order valence-electron chi connectivity index (χ0n) is 14.8. The summed E-state index contributed by atoms with van der Waals surface area (Å²) in [5, 5.41) is 17.1. The first kappa shape index (κ1) is 16.8. The lowest BCUT2D eigenvalue weighted by molar-refractivity contribution is -0.0160. The van der Waals surface area contributed by atoms with Crippen molar-refractivity contribution < 1.29 is 14.6 Å². The highest BCUT2D eigenvalue weighted by Crippen LogP contribution is 2.25. The Hall–Kier alpha value is -2.61. The van der Waals surface area contributed by atoms with Crippen LogP contribution < -0.4 is 5.32 Å². The number of nitrogens with one attached hydrogen (secondary N) is 1. The standard InChI is InChI=1S/C18H23N5O3/c1-12-19-17-6-5-14(10-23(17)21-12)20-18(25)22-7-8-26-16(11-22)13-3-2-4-15(24)9-13/h2-4,9,14,16,24H,5-8,10-11H2,1H3,(H,20,25). The molecular formula is C18H23N5O3. The van der Waals surface area contributed by atoms with Gasteiger partial charge in [-0.05, 0) is 31.0 Å². The van der Waals surface area contributed by atoms with Gasteiger partial charge in [-0.1, -0.05) is 12.1 Å². The molecular weight excluding hydrogens is 334 g/mol. The number of nitrogens with zero attached hydrogens (tertiary/aromatic N) is 4. The first-order valence-electron chi connectivity index (χ1n) is 8.95. The van der Waals surface area contributed by atoms with Crippen molar-refractivity contribution in [1.82, 2.24) is 25.0 Å². The van der Waals surface area contributed by atoms with Crippen LogP contribution >= 0.6 is 0 Å². The number of aromatic nitrogens is 3. The molecule has 0 saturated carbocycles. The first-order chi connectivity index (χ1) is 12.6. The van der Waals surface area contributed by atoms with E-state index in [9.17, 15) is 9.90 Å². The molecule has 2 unspecified atom stereocenters. The molecule has 2 aliphatic heterocycles. The van der Waals surface area contributed by atoms with Gasteiger partial charge in [-0.25, -0.2) is 14.5 Å². The van der Waals surface area contributed by atoms with E-state index < -0.39 is 0 Å². The number of urea groups is 1. The predicted octanol–water partition coefficient (Wildman–Crippen LogP) is 1.39. The van der Waals surface area contributed by atoms with Crippen molar-refractivity contribution in [3.8, 4) is 5.75 Å². The van der Waals surface area contributed by atoms with Gasteiger partial charge in [0.2, 0.25) is 0 Å². The van der Waals surface area contributed by atoms with Gasteiger partial charge in [-0.2, -0.15) is 5.10 Å². The number of morpholine rings is 1. The Bertz CT molecular complexity index is 806. The molecule has 8 heteroatoms. The maximum absolute atomic E-state index is 12.7. The van der Waals surface area contributed by atoms with Crippen LogP contribution in [0.1, 0.15) is 29.7 Å². The van der Waals surface area contributed by atoms with E-state index in [1.165, 1.54) is 0 Å². The van der Waals surface area contributed by atoms with Crippen molar-refractivity contribution in [2.75, 3.05) is 19.7 Å². The number of aryl methyl sites for hydroxylation is 2. The maximum atomic E-state index is 12.7. The van der Waals surface area contributed by atoms with Crippen molar-refractivity contribution in [3.05, 3.63) is 41.5 Å². The SMILES string of the molecule is Cc1nc2n(n1)CC(NC(=O)N1CCOC(c3cccc(O)c3)C1)CC2. The number of amides is 2. The Kier molecular flexibility index (Phi) is 4.50. The van der Waals surface area contributed by atoms with Crippen LogP contribution in [0.3, 0.4) is 0 Å². The van der Waals surface area contributed by atoms with Crippen LogP contribution in [0.15, 0.2) is 24.3 Å². The molecule has 4 rings (SSSR count). The minimum absolute atomic E-state index is 0.0539. The minimum Gasteiger partial charge on any atom is -0.508 e. The fourth-order valence-electron chi connectivity index (χ4n) is 3.58. The lowest BCUT2D eigenvalue weighted by Gasteiger charge is -2.34. The zero-order chi connectivity index (χ0) is 18.1. The molecule has 1 fully saturated rings. The summed E-state index contributed by atoms with van der Waals surface area (Å²) in [6.07, 6.45) is 1.46. The van der Waals surface area contributed by atoms with E-state index >= 15 is 0 Å². The topological polar surface area (TPSA) is 92.5 Å². The fraction of sp³-hybridized carbons (Fsp3) is 0.500. The molecule has 1 aromatic heterocycles. The molecule has 0 radical (unpaired) electrons. The third kappa shape index (κ3) is 3.50. The van der Waals surface area contributed by atoms with E-state index in [0.717, 1.165) is 30.1 Å². The van der Waals surface area contributed by atoms with Crippen LogP contribution in [0.2, 0.25) is 0 Å². The second-order valence-corrected chi connectivity index (χ2v) is 6.84. The summed E-state index contributed by atoms with van der Waals surface area (Å²) in [6.45, 7) is 4.04. The van der Waals surface area contributed by atoms with E-state index in [1.807, 2.05) is 17.7 Å². The highest BCUT2D eigenvalue weighted by atomic mass is 16.5. The van der Waals surface area contributed by atoms with Gasteiger partial charge in [-0.15, -0.1) is 0 Å². The van der Waals surface area contributed by atoms with Crippen molar-refractivity contribution in [1.29, 1.82) is 0 Å². The normalized spacial score (nSPS) is 22.7. The number of carbonyl (C=O) groups excluding carboxylic acids is 1. The summed E-state index contributed by atoms with van der Waals surface area (Å²) in [5.41, 5.74) is 0.878. The lowest BCUT2D eigenvalue weighted by Crippen LogP contribution is -2.51. The molecule has 2 amide bonds. The number of fused-ring (bicyclic) bond motifs is 1. The third-order valence-electron chi connectivity index (χ3n) is 4.89. The van der Waals surface area contributed by atoms with E-state index in [4.69, 9.17) is 4.74 Å². The van der Waals surface area contributed by atoms with Crippen LogP contribution in [-0.2, 0) is 17.7 Å². The van der Waals surface area contributed by atoms with Gasteiger partial charge < -0.3 is 20.1 Å². The summed E-state index contributed by atoms with van der Waals surface area (Å²) < 4.78 is 7.67. The van der Waals surface area contributed by atoms with Crippen LogP contribution in [0.4, 0.5) is 4.79 Å². The number of ether oxygens (including phenoxy) is 1. The van der Waals surface area contributed by atoms with Gasteiger partial charge in [0.15, 0.2) is 0 Å². The Labute approximate surface area is 151 Å². The highest BCUT2D eigenvalue weighted by Gasteiger charge is 2.28. The molecule has 26 heavy (non-hydrogen) atoms. The molecule has 2 aliphatic rings. The Balaban J connectivity index is 1.37. The van der Waals surface area contributed by atoms with Gasteiger partial charge in [0, 0.05) is 13.0 Å². The Morgan fingerprint density at radius 2 is 2.27 bits per heavy atom. The van der Waals surface area contributed by atoms with Crippen LogP contribution in [0, 0.1) is 6.92 Å². The van der Waals surface area contributed by atoms with E-state index in [2.05, 4.69) is 15.4 Å². The number of phenolic OH excluding ortho intramolecular Hbond substituents is 1. The van der Waals surface area contributed by atoms with Gasteiger partial charge >= 0.3 is 6.03 Å². The molecule has 2 atom stereocenters. The van der Waals surface area contributed by atoms with Crippen LogP contribution in [0.25, 0.3) is 0 Å². The second kappa shape index (κ2) is 6.95. The fourth-order valence-corrected chi connectivity index (χ4v) is 3.58. The number of hydrogen-bond acceptors (Lipinski definition) is 5. The molecule has 2 N–H and O–H groups in total. The average molecular weight is 357 g/mol. The Morgan fingerprint density at radius 1 is 1.38 bits per heavy atom. The molecule has 3 heterocycles. The summed E-state index contributed by atoms with van der Waals surface area (Å²) in [7, 11) is 0. The van der Waals surface area contributed by atoms with Gasteiger partial charge in [0.1, 0.15) is 23.5 Å². The average Bonchev–Trinajstić information content (AvgIpc) is 3.01. The van der Waals surface area contributed by atoms with Crippen molar-refractivity contribution >= 4 is 6.03 Å². The maximum Gasteiger partial charge on any atom is 0.317 e. The number of aromatic hydroxyl groups is 1. The molecule has 2 aromatic rings. The van der Waals surface area contributed by atoms with Crippen LogP contribution in [-0.4, -0.2) is 56.5 Å². The smallest absolute Gasteiger partial charge is 0.317 e. The second-order valence-electron chi connectivity index (χ2n) is 6.84. The molecule has 0 aliphatic carbocycles. The number of phenols is 1. The largest absolute Gasteiger partial charge is 0.508 e. The number of hydrogen-bond donors (Lipinski definition) is 2. The Morgan fingerprint density at radius 3 is 3.12 bits per heavy atom. The summed E-state index contributed by atoms with van der Waals surface area (Å²) in [6, 6.07) is 6.97. The van der Waals surface area contributed by atoms with Gasteiger partial charge in [-0.3, -0.25) is 0 Å². The van der Waals surface area contributed by atoms with Gasteiger partial charge in [0.25, 0.3) is 0 Å². The molecule has 0 bridgehead atoms. The molecule has 8 nitrogen and oxygen atoms in total. The van der Waals surface area contributed by atoms with E-state index in [-0.39, 0.29) is 23.9 Å². The third-order valence-corrected chi connectivity index (χ3v) is 4.89. The van der Waals surface area contributed by atoms with E-state index in [0.29, 0.717) is 26.2 Å². The van der Waals surface area contributed by atoms with Crippen molar-refractivity contribution in [2.45, 2.75) is 38.5 Å². The predicted molar refractivity (Wildman–Crippen MR) is 93.8 cm³/mol. The molecule has 1 saturated heterocycles. The van der Waals surface area contributed by atoms with E-state index in [1.54, 1.807) is 23.1 Å². The quantitative estimate of drug-likeness (QED) is 0.847. The van der Waals surface area contributed by atoms with Crippen molar-refractivity contribution in [2.24, 2.45) is 0 Å². The highest BCUT2D eigenvalue weighted by molar-refractivity contribution is 5.74. The molecule has 1 aromatic carbocycles. The molecule has 138 valence electrons. The summed E-state index contributed by atoms with van der Waals surface area (Å²) >= 11 is 0. The van der Waals surface area contributed by atoms with Crippen LogP contribution in [0.5, 0.6) is 5.75 Å². The summed E-state index contributed by atoms with van der Waals surface area (Å²) in [5.74, 6) is 1.96. The lowest BCUT2D eigenvalue weighted by atomic mass is 10.1. The molecule has 0 spiro atoms. The monoisotopic (exact) mass is 357 g/mol. The minimum atomic E-state index is -0.225. The number of carbonyl (C=O) groups is 1. The number of rotatable bonds is 2.